The maximum Gasteiger partial charge on any atom is 0.309 e. The highest BCUT2D eigenvalue weighted by molar-refractivity contribution is 5.96. The Balaban J connectivity index is 1.86. The second-order valence-electron chi connectivity index (χ2n) is 6.55. The third kappa shape index (κ3) is 5.58. The fourth-order valence-corrected chi connectivity index (χ4v) is 3.02. The predicted molar refractivity (Wildman–Crippen MR) is 99.9 cm³/mol. The number of ether oxygens (including phenoxy) is 1. The molecule has 2 rings (SSSR count). The van der Waals surface area contributed by atoms with Crippen molar-refractivity contribution in [2.75, 3.05) is 25.0 Å². The number of hydrogen-bond acceptors (Lipinski definition) is 4. The number of anilines is 1. The first-order chi connectivity index (χ1) is 12.5. The van der Waals surface area contributed by atoms with Crippen LogP contribution < -0.4 is 5.32 Å². The average molecular weight is 360 g/mol. The molecule has 0 atom stereocenters. The Hall–Kier alpha value is -2.37. The lowest BCUT2D eigenvalue weighted by Crippen LogP contribution is -2.40. The molecule has 0 radical (unpaired) electrons. The van der Waals surface area contributed by atoms with Crippen LogP contribution >= 0.6 is 0 Å². The number of unbranched alkanes of at least 4 members (excludes halogenated alkanes) is 1. The van der Waals surface area contributed by atoms with Gasteiger partial charge in [-0.2, -0.15) is 0 Å². The second kappa shape index (κ2) is 9.94. The standard InChI is InChI=1S/C20H28N2O4/c1-3-5-6-18(23)21-17-9-7-15(8-10-17)19(24)22-13-11-16(12-14-22)20(25)26-4-2/h7-10,16H,3-6,11-14H2,1-2H3,(H,21,23). The zero-order chi connectivity index (χ0) is 18.9. The van der Waals surface area contributed by atoms with E-state index in [9.17, 15) is 14.4 Å². The van der Waals surface area contributed by atoms with Crippen LogP contribution in [0.1, 0.15) is 56.3 Å². The van der Waals surface area contributed by atoms with E-state index in [1.807, 2.05) is 6.92 Å². The average Bonchev–Trinajstić information content (AvgIpc) is 2.66. The fraction of sp³-hybridized carbons (Fsp3) is 0.550. The fourth-order valence-electron chi connectivity index (χ4n) is 3.02. The van der Waals surface area contributed by atoms with Crippen LogP contribution in [-0.4, -0.2) is 42.4 Å². The van der Waals surface area contributed by atoms with Gasteiger partial charge in [0.15, 0.2) is 0 Å². The van der Waals surface area contributed by atoms with Gasteiger partial charge in [0, 0.05) is 30.8 Å². The summed E-state index contributed by atoms with van der Waals surface area (Å²) in [7, 11) is 0. The molecular formula is C20H28N2O4. The Labute approximate surface area is 154 Å². The molecule has 1 N–H and O–H groups in total. The van der Waals surface area contributed by atoms with Crippen molar-refractivity contribution in [1.82, 2.24) is 4.90 Å². The van der Waals surface area contributed by atoms with Gasteiger partial charge in [-0.05, 0) is 50.5 Å². The van der Waals surface area contributed by atoms with Gasteiger partial charge in [-0.3, -0.25) is 14.4 Å². The van der Waals surface area contributed by atoms with Crippen LogP contribution in [0, 0.1) is 5.92 Å². The highest BCUT2D eigenvalue weighted by atomic mass is 16.5. The summed E-state index contributed by atoms with van der Waals surface area (Å²) >= 11 is 0. The highest BCUT2D eigenvalue weighted by Crippen LogP contribution is 2.21. The van der Waals surface area contributed by atoms with Crippen molar-refractivity contribution in [3.63, 3.8) is 0 Å². The molecule has 26 heavy (non-hydrogen) atoms. The summed E-state index contributed by atoms with van der Waals surface area (Å²) in [6, 6.07) is 6.97. The molecule has 1 heterocycles. The van der Waals surface area contributed by atoms with E-state index in [2.05, 4.69) is 5.32 Å². The lowest BCUT2D eigenvalue weighted by molar-refractivity contribution is -0.149. The predicted octanol–water partition coefficient (Wildman–Crippen LogP) is 3.23. The number of carbonyl (C=O) groups is 3. The monoisotopic (exact) mass is 360 g/mol. The molecule has 6 nitrogen and oxygen atoms in total. The Morgan fingerprint density at radius 2 is 1.77 bits per heavy atom. The smallest absolute Gasteiger partial charge is 0.309 e. The molecule has 0 saturated carbocycles. The number of piperidine rings is 1. The van der Waals surface area contributed by atoms with Crippen LogP contribution in [0.4, 0.5) is 5.69 Å². The van der Waals surface area contributed by atoms with Crippen molar-refractivity contribution in [1.29, 1.82) is 0 Å². The molecule has 1 aromatic rings. The number of nitrogens with one attached hydrogen (secondary N) is 1. The van der Waals surface area contributed by atoms with Gasteiger partial charge in [0.1, 0.15) is 0 Å². The van der Waals surface area contributed by atoms with E-state index in [0.29, 0.717) is 50.2 Å². The molecule has 1 saturated heterocycles. The summed E-state index contributed by atoms with van der Waals surface area (Å²) in [6.07, 6.45) is 3.62. The van der Waals surface area contributed by atoms with Gasteiger partial charge in [0.2, 0.25) is 5.91 Å². The number of esters is 1. The van der Waals surface area contributed by atoms with Crippen molar-refractivity contribution < 1.29 is 19.1 Å². The van der Waals surface area contributed by atoms with E-state index >= 15 is 0 Å². The zero-order valence-corrected chi connectivity index (χ0v) is 15.6. The van der Waals surface area contributed by atoms with E-state index in [-0.39, 0.29) is 23.7 Å². The third-order valence-electron chi connectivity index (χ3n) is 4.58. The van der Waals surface area contributed by atoms with Gasteiger partial charge in [0.05, 0.1) is 12.5 Å². The summed E-state index contributed by atoms with van der Waals surface area (Å²) in [5.74, 6) is -0.328. The number of nitrogens with zero attached hydrogens (tertiary/aromatic N) is 1. The first-order valence-corrected chi connectivity index (χ1v) is 9.41. The van der Waals surface area contributed by atoms with E-state index in [0.717, 1.165) is 12.8 Å². The number of hydrogen-bond donors (Lipinski definition) is 1. The normalized spacial score (nSPS) is 14.8. The third-order valence-corrected chi connectivity index (χ3v) is 4.58. The Morgan fingerprint density at radius 1 is 1.12 bits per heavy atom. The van der Waals surface area contributed by atoms with Crippen LogP contribution in [0.3, 0.4) is 0 Å². The van der Waals surface area contributed by atoms with E-state index in [1.165, 1.54) is 0 Å². The molecule has 6 heteroatoms. The minimum atomic E-state index is -0.164. The van der Waals surface area contributed by atoms with E-state index in [1.54, 1.807) is 36.1 Å². The summed E-state index contributed by atoms with van der Waals surface area (Å²) in [5, 5.41) is 2.84. The van der Waals surface area contributed by atoms with E-state index < -0.39 is 0 Å². The Morgan fingerprint density at radius 3 is 2.35 bits per heavy atom. The summed E-state index contributed by atoms with van der Waals surface area (Å²) in [6.45, 7) is 5.34. The molecule has 0 aliphatic carbocycles. The molecule has 1 aliphatic heterocycles. The number of rotatable bonds is 7. The molecule has 2 amide bonds. The molecule has 142 valence electrons. The summed E-state index contributed by atoms with van der Waals surface area (Å²) < 4.78 is 5.05. The molecule has 0 unspecified atom stereocenters. The van der Waals surface area contributed by atoms with Gasteiger partial charge in [-0.25, -0.2) is 0 Å². The van der Waals surface area contributed by atoms with Crippen LogP contribution in [0.15, 0.2) is 24.3 Å². The summed E-state index contributed by atoms with van der Waals surface area (Å²) in [4.78, 5) is 37.9. The maximum absolute atomic E-state index is 12.6. The molecule has 1 aromatic carbocycles. The topological polar surface area (TPSA) is 75.7 Å². The van der Waals surface area contributed by atoms with Crippen molar-refractivity contribution in [2.45, 2.75) is 46.0 Å². The number of amides is 2. The van der Waals surface area contributed by atoms with Crippen molar-refractivity contribution in [2.24, 2.45) is 5.92 Å². The zero-order valence-electron chi connectivity index (χ0n) is 15.6. The minimum Gasteiger partial charge on any atom is -0.466 e. The van der Waals surface area contributed by atoms with Crippen molar-refractivity contribution in [3.05, 3.63) is 29.8 Å². The lowest BCUT2D eigenvalue weighted by atomic mass is 9.96. The largest absolute Gasteiger partial charge is 0.466 e. The molecule has 1 fully saturated rings. The molecule has 1 aliphatic rings. The van der Waals surface area contributed by atoms with Gasteiger partial charge >= 0.3 is 5.97 Å². The number of benzene rings is 1. The highest BCUT2D eigenvalue weighted by Gasteiger charge is 2.28. The Kier molecular flexibility index (Phi) is 7.63. The quantitative estimate of drug-likeness (QED) is 0.758. The van der Waals surface area contributed by atoms with Crippen LogP contribution in [0.25, 0.3) is 0 Å². The van der Waals surface area contributed by atoms with E-state index in [4.69, 9.17) is 4.74 Å². The lowest BCUT2D eigenvalue weighted by Gasteiger charge is -2.31. The van der Waals surface area contributed by atoms with Gasteiger partial charge in [-0.15, -0.1) is 0 Å². The van der Waals surface area contributed by atoms with Crippen LogP contribution in [0.2, 0.25) is 0 Å². The molecule has 0 bridgehead atoms. The van der Waals surface area contributed by atoms with Crippen molar-refractivity contribution in [3.8, 4) is 0 Å². The van der Waals surface area contributed by atoms with Gasteiger partial charge in [-0.1, -0.05) is 13.3 Å². The SMILES string of the molecule is CCCCC(=O)Nc1ccc(C(=O)N2CCC(C(=O)OCC)CC2)cc1. The van der Waals surface area contributed by atoms with Crippen LogP contribution in [-0.2, 0) is 14.3 Å². The second-order valence-corrected chi connectivity index (χ2v) is 6.55. The van der Waals surface area contributed by atoms with Crippen LogP contribution in [0.5, 0.6) is 0 Å². The van der Waals surface area contributed by atoms with Crippen molar-refractivity contribution >= 4 is 23.5 Å². The van der Waals surface area contributed by atoms with Gasteiger partial charge < -0.3 is 15.0 Å². The van der Waals surface area contributed by atoms with Gasteiger partial charge in [0.25, 0.3) is 5.91 Å². The minimum absolute atomic E-state index is 0.00744. The Bertz CT molecular complexity index is 619. The molecule has 0 aromatic heterocycles. The maximum atomic E-state index is 12.6. The molecular weight excluding hydrogens is 332 g/mol. The number of likely N-dealkylation sites (tertiary alicyclic amines) is 1. The summed E-state index contributed by atoms with van der Waals surface area (Å²) in [5.41, 5.74) is 1.29. The number of carbonyl (C=O) groups excluding carboxylic acids is 3. The first kappa shape index (κ1) is 19.9. The first-order valence-electron chi connectivity index (χ1n) is 9.41. The molecule has 0 spiro atoms.